The maximum Gasteiger partial charge on any atom is 0.234 e. The third kappa shape index (κ3) is 4.56. The summed E-state index contributed by atoms with van der Waals surface area (Å²) < 4.78 is 26.9. The molecular weight excluding hydrogens is 304 g/mol. The molecule has 0 bridgehead atoms. The van der Waals surface area contributed by atoms with E-state index in [9.17, 15) is 13.6 Å². The fraction of sp³-hybridized carbons (Fsp3) is 0.235. The van der Waals surface area contributed by atoms with Crippen LogP contribution in [-0.2, 0) is 10.5 Å². The number of aryl methyl sites for hydroxylation is 2. The first kappa shape index (κ1) is 16.5. The Bertz CT molecular complexity index is 648. The predicted molar refractivity (Wildman–Crippen MR) is 87.1 cm³/mol. The van der Waals surface area contributed by atoms with Crippen molar-refractivity contribution in [2.75, 3.05) is 11.1 Å². The van der Waals surface area contributed by atoms with Crippen molar-refractivity contribution in [1.82, 2.24) is 0 Å². The Balaban J connectivity index is 1.88. The quantitative estimate of drug-likeness (QED) is 0.881. The van der Waals surface area contributed by atoms with Crippen LogP contribution in [0, 0.1) is 25.5 Å². The molecule has 5 heteroatoms. The summed E-state index contributed by atoms with van der Waals surface area (Å²) in [6.07, 6.45) is 0. The molecule has 2 rings (SSSR count). The van der Waals surface area contributed by atoms with E-state index in [0.717, 1.165) is 17.7 Å². The minimum absolute atomic E-state index is 0.140. The van der Waals surface area contributed by atoms with E-state index < -0.39 is 17.5 Å². The van der Waals surface area contributed by atoms with Crippen LogP contribution >= 0.6 is 11.8 Å². The van der Waals surface area contributed by atoms with Crippen LogP contribution in [0.25, 0.3) is 0 Å². The van der Waals surface area contributed by atoms with Gasteiger partial charge in [-0.05, 0) is 31.5 Å². The Morgan fingerprint density at radius 3 is 2.27 bits per heavy atom. The molecule has 22 heavy (non-hydrogen) atoms. The Morgan fingerprint density at radius 2 is 1.68 bits per heavy atom. The van der Waals surface area contributed by atoms with Crippen LogP contribution in [0.1, 0.15) is 16.7 Å². The third-order valence-corrected chi connectivity index (χ3v) is 4.01. The number of rotatable bonds is 5. The van der Waals surface area contributed by atoms with Gasteiger partial charge >= 0.3 is 0 Å². The van der Waals surface area contributed by atoms with Gasteiger partial charge in [0.25, 0.3) is 0 Å². The minimum atomic E-state index is -0.771. The van der Waals surface area contributed by atoms with E-state index in [1.807, 2.05) is 13.8 Å². The summed E-state index contributed by atoms with van der Waals surface area (Å²) in [5, 5.41) is 2.28. The summed E-state index contributed by atoms with van der Waals surface area (Å²) in [6.45, 7) is 4.05. The molecule has 0 unspecified atom stereocenters. The SMILES string of the molecule is Cc1cc(C)cc(CSCC(=O)Nc2c(F)cccc2F)c1. The van der Waals surface area contributed by atoms with Crippen molar-refractivity contribution < 1.29 is 13.6 Å². The minimum Gasteiger partial charge on any atom is -0.320 e. The lowest BCUT2D eigenvalue weighted by atomic mass is 10.1. The topological polar surface area (TPSA) is 29.1 Å². The van der Waals surface area contributed by atoms with E-state index in [2.05, 4.69) is 23.5 Å². The highest BCUT2D eigenvalue weighted by Gasteiger charge is 2.11. The zero-order valence-electron chi connectivity index (χ0n) is 12.5. The van der Waals surface area contributed by atoms with Gasteiger partial charge in [0.05, 0.1) is 5.75 Å². The number of carbonyl (C=O) groups is 1. The van der Waals surface area contributed by atoms with E-state index in [1.165, 1.54) is 29.0 Å². The summed E-state index contributed by atoms with van der Waals surface area (Å²) in [7, 11) is 0. The van der Waals surface area contributed by atoms with Crippen molar-refractivity contribution in [3.8, 4) is 0 Å². The summed E-state index contributed by atoms with van der Waals surface area (Å²) in [5.74, 6) is -1.14. The number of nitrogens with one attached hydrogen (secondary N) is 1. The van der Waals surface area contributed by atoms with Crippen LogP contribution in [0.3, 0.4) is 0 Å². The number of amides is 1. The van der Waals surface area contributed by atoms with Gasteiger partial charge in [-0.1, -0.05) is 35.4 Å². The number of hydrogen-bond acceptors (Lipinski definition) is 2. The molecule has 0 saturated heterocycles. The van der Waals surface area contributed by atoms with E-state index >= 15 is 0 Å². The highest BCUT2D eigenvalue weighted by atomic mass is 32.2. The van der Waals surface area contributed by atoms with E-state index in [-0.39, 0.29) is 11.4 Å². The summed E-state index contributed by atoms with van der Waals surface area (Å²) in [6, 6.07) is 9.70. The summed E-state index contributed by atoms with van der Waals surface area (Å²) in [5.41, 5.74) is 3.09. The third-order valence-electron chi connectivity index (χ3n) is 3.01. The molecule has 0 heterocycles. The van der Waals surface area contributed by atoms with E-state index in [4.69, 9.17) is 0 Å². The number of anilines is 1. The van der Waals surface area contributed by atoms with Crippen LogP contribution in [0.5, 0.6) is 0 Å². The maximum absolute atomic E-state index is 13.4. The van der Waals surface area contributed by atoms with Crippen molar-refractivity contribution in [2.45, 2.75) is 19.6 Å². The first-order valence-electron chi connectivity index (χ1n) is 6.84. The second-order valence-electron chi connectivity index (χ2n) is 5.13. The predicted octanol–water partition coefficient (Wildman–Crippen LogP) is 4.45. The summed E-state index contributed by atoms with van der Waals surface area (Å²) in [4.78, 5) is 11.8. The van der Waals surface area contributed by atoms with Gasteiger partial charge < -0.3 is 5.32 Å². The second kappa shape index (κ2) is 7.40. The molecule has 0 aliphatic carbocycles. The normalized spacial score (nSPS) is 10.5. The average Bonchev–Trinajstić information content (AvgIpc) is 2.42. The number of halogens is 2. The average molecular weight is 321 g/mol. The molecule has 0 spiro atoms. The van der Waals surface area contributed by atoms with Crippen molar-refractivity contribution >= 4 is 23.4 Å². The zero-order chi connectivity index (χ0) is 16.1. The number of benzene rings is 2. The van der Waals surface area contributed by atoms with Gasteiger partial charge in [0.15, 0.2) is 0 Å². The monoisotopic (exact) mass is 321 g/mol. The molecule has 0 fully saturated rings. The molecule has 1 N–H and O–H groups in total. The Kier molecular flexibility index (Phi) is 5.55. The molecule has 2 nitrogen and oxygen atoms in total. The van der Waals surface area contributed by atoms with Gasteiger partial charge in [0, 0.05) is 5.75 Å². The van der Waals surface area contributed by atoms with Crippen LogP contribution in [0.15, 0.2) is 36.4 Å². The van der Waals surface area contributed by atoms with Crippen molar-refractivity contribution in [2.24, 2.45) is 0 Å². The molecule has 2 aromatic rings. The van der Waals surface area contributed by atoms with Crippen LogP contribution < -0.4 is 5.32 Å². The number of hydrogen-bond donors (Lipinski definition) is 1. The first-order valence-corrected chi connectivity index (χ1v) is 8.00. The Morgan fingerprint density at radius 1 is 1.09 bits per heavy atom. The molecule has 0 aliphatic rings. The van der Waals surface area contributed by atoms with E-state index in [1.54, 1.807) is 0 Å². The first-order chi connectivity index (χ1) is 10.5. The lowest BCUT2D eigenvalue weighted by Crippen LogP contribution is -2.16. The molecule has 0 aromatic heterocycles. The lowest BCUT2D eigenvalue weighted by molar-refractivity contribution is -0.113. The van der Waals surface area contributed by atoms with Gasteiger partial charge in [0.2, 0.25) is 5.91 Å². The molecule has 0 saturated carbocycles. The van der Waals surface area contributed by atoms with Gasteiger partial charge in [-0.3, -0.25) is 4.79 Å². The van der Waals surface area contributed by atoms with Crippen LogP contribution in [0.2, 0.25) is 0 Å². The number of thioether (sulfide) groups is 1. The van der Waals surface area contributed by atoms with Gasteiger partial charge in [0.1, 0.15) is 17.3 Å². The zero-order valence-corrected chi connectivity index (χ0v) is 13.3. The van der Waals surface area contributed by atoms with Gasteiger partial charge in [-0.25, -0.2) is 8.78 Å². The second-order valence-corrected chi connectivity index (χ2v) is 6.12. The van der Waals surface area contributed by atoms with Crippen LogP contribution in [0.4, 0.5) is 14.5 Å². The molecule has 0 aliphatic heterocycles. The molecule has 1 amide bonds. The van der Waals surface area contributed by atoms with Gasteiger partial charge in [-0.15, -0.1) is 11.8 Å². The highest BCUT2D eigenvalue weighted by Crippen LogP contribution is 2.19. The lowest BCUT2D eigenvalue weighted by Gasteiger charge is -2.08. The molecule has 0 radical (unpaired) electrons. The maximum atomic E-state index is 13.4. The smallest absolute Gasteiger partial charge is 0.234 e. The van der Waals surface area contributed by atoms with Crippen molar-refractivity contribution in [3.05, 3.63) is 64.7 Å². The van der Waals surface area contributed by atoms with Crippen molar-refractivity contribution in [3.63, 3.8) is 0 Å². The Labute approximate surface area is 132 Å². The van der Waals surface area contributed by atoms with Gasteiger partial charge in [-0.2, -0.15) is 0 Å². The molecule has 2 aromatic carbocycles. The highest BCUT2D eigenvalue weighted by molar-refractivity contribution is 7.99. The van der Waals surface area contributed by atoms with Crippen molar-refractivity contribution in [1.29, 1.82) is 0 Å². The number of para-hydroxylation sites is 1. The fourth-order valence-electron chi connectivity index (χ4n) is 2.21. The standard InChI is InChI=1S/C17H17F2NOS/c1-11-6-12(2)8-13(7-11)9-22-10-16(21)20-17-14(18)4-3-5-15(17)19/h3-8H,9-10H2,1-2H3,(H,20,21). The van der Waals surface area contributed by atoms with Crippen LogP contribution in [-0.4, -0.2) is 11.7 Å². The molecule has 0 atom stereocenters. The largest absolute Gasteiger partial charge is 0.320 e. The Hall–Kier alpha value is -1.88. The van der Waals surface area contributed by atoms with E-state index in [0.29, 0.717) is 5.75 Å². The molecular formula is C17H17F2NOS. The fourth-order valence-corrected chi connectivity index (χ4v) is 2.97. The number of carbonyl (C=O) groups excluding carboxylic acids is 1. The summed E-state index contributed by atoms with van der Waals surface area (Å²) >= 11 is 1.41. The molecule has 116 valence electrons.